The lowest BCUT2D eigenvalue weighted by Gasteiger charge is -2.15. The van der Waals surface area contributed by atoms with E-state index in [1.165, 1.54) is 18.2 Å². The number of para-hydroxylation sites is 1. The average molecular weight is 404 g/mol. The highest BCUT2D eigenvalue weighted by Crippen LogP contribution is 2.23. The van der Waals surface area contributed by atoms with E-state index in [1.807, 2.05) is 19.1 Å². The zero-order valence-corrected chi connectivity index (χ0v) is 16.5. The van der Waals surface area contributed by atoms with Crippen molar-refractivity contribution < 1.29 is 19.2 Å². The van der Waals surface area contributed by atoms with Gasteiger partial charge in [0.2, 0.25) is 5.78 Å². The summed E-state index contributed by atoms with van der Waals surface area (Å²) in [5, 5.41) is 13.8. The molecule has 3 rings (SSSR count). The molecule has 0 spiro atoms. The van der Waals surface area contributed by atoms with Gasteiger partial charge < -0.3 is 10.1 Å². The van der Waals surface area contributed by atoms with Crippen LogP contribution < -0.4 is 10.1 Å². The van der Waals surface area contributed by atoms with Gasteiger partial charge in [-0.2, -0.15) is 0 Å². The molecule has 30 heavy (non-hydrogen) atoms. The second kappa shape index (κ2) is 9.00. The van der Waals surface area contributed by atoms with Crippen LogP contribution in [0.25, 0.3) is 0 Å². The fourth-order valence-electron chi connectivity index (χ4n) is 2.88. The summed E-state index contributed by atoms with van der Waals surface area (Å²) in [5.41, 5.74) is 1.68. The number of benzene rings is 3. The molecule has 3 aromatic rings. The number of nitro groups is 1. The Hall–Kier alpha value is -4.00. The first-order chi connectivity index (χ1) is 14.3. The fraction of sp³-hybridized carbons (Fsp3) is 0.130. The number of anilines is 1. The smallest absolute Gasteiger partial charge is 0.282 e. The average Bonchev–Trinajstić information content (AvgIpc) is 2.74. The third-order valence-electron chi connectivity index (χ3n) is 4.46. The number of aryl methyl sites for hydroxylation is 1. The summed E-state index contributed by atoms with van der Waals surface area (Å²) in [7, 11) is 0. The van der Waals surface area contributed by atoms with Crippen LogP contribution >= 0.6 is 0 Å². The lowest BCUT2D eigenvalue weighted by atomic mass is 10.1. The number of hydrogen-bond acceptors (Lipinski definition) is 5. The Bertz CT molecular complexity index is 1090. The molecule has 0 saturated heterocycles. The number of carbonyl (C=O) groups excluding carboxylic acids is 2. The van der Waals surface area contributed by atoms with Crippen molar-refractivity contribution in [2.24, 2.45) is 0 Å². The predicted octanol–water partition coefficient (Wildman–Crippen LogP) is 4.81. The molecule has 0 aliphatic rings. The summed E-state index contributed by atoms with van der Waals surface area (Å²) >= 11 is 0. The van der Waals surface area contributed by atoms with Crippen LogP contribution in [0.4, 0.5) is 11.4 Å². The van der Waals surface area contributed by atoms with Gasteiger partial charge in [-0.1, -0.05) is 48.0 Å². The van der Waals surface area contributed by atoms with E-state index in [-0.39, 0.29) is 17.0 Å². The van der Waals surface area contributed by atoms with Gasteiger partial charge in [-0.25, -0.2) is 0 Å². The zero-order valence-electron chi connectivity index (χ0n) is 16.5. The number of nitrogens with one attached hydrogen (secondary N) is 1. The van der Waals surface area contributed by atoms with E-state index in [2.05, 4.69) is 5.32 Å². The Morgan fingerprint density at radius 1 is 1.00 bits per heavy atom. The molecule has 0 saturated carbocycles. The largest absolute Gasteiger partial charge is 0.482 e. The number of nitrogens with zero attached hydrogens (tertiary/aromatic N) is 1. The maximum absolute atomic E-state index is 12.6. The van der Waals surface area contributed by atoms with Gasteiger partial charge in [0.1, 0.15) is 11.3 Å². The maximum atomic E-state index is 12.6. The topological polar surface area (TPSA) is 98.5 Å². The molecule has 0 aliphatic carbocycles. The lowest BCUT2D eigenvalue weighted by Crippen LogP contribution is -2.24. The molecule has 1 amide bonds. The quantitative estimate of drug-likeness (QED) is 0.346. The molecule has 7 nitrogen and oxygen atoms in total. The number of rotatable bonds is 7. The van der Waals surface area contributed by atoms with Crippen molar-refractivity contribution in [3.8, 4) is 5.75 Å². The molecule has 3 aromatic carbocycles. The van der Waals surface area contributed by atoms with Crippen molar-refractivity contribution >= 4 is 23.1 Å². The van der Waals surface area contributed by atoms with E-state index < -0.39 is 16.9 Å². The first kappa shape index (κ1) is 20.7. The predicted molar refractivity (Wildman–Crippen MR) is 113 cm³/mol. The van der Waals surface area contributed by atoms with Gasteiger partial charge >= 0.3 is 0 Å². The first-order valence-corrected chi connectivity index (χ1v) is 9.27. The zero-order chi connectivity index (χ0) is 21.7. The molecule has 0 aliphatic heterocycles. The number of Topliss-reactive ketones (excluding diaryl/α,β-unsaturated/α-hetero) is 1. The van der Waals surface area contributed by atoms with Gasteiger partial charge in [-0.3, -0.25) is 19.7 Å². The van der Waals surface area contributed by atoms with Crippen LogP contribution in [0.5, 0.6) is 5.75 Å². The molecular formula is C23H20N2O5. The summed E-state index contributed by atoms with van der Waals surface area (Å²) in [6.45, 7) is 3.60. The van der Waals surface area contributed by atoms with E-state index in [0.29, 0.717) is 17.0 Å². The highest BCUT2D eigenvalue weighted by Gasteiger charge is 2.20. The summed E-state index contributed by atoms with van der Waals surface area (Å²) in [5.74, 6) is -0.379. The van der Waals surface area contributed by atoms with Gasteiger partial charge in [0.25, 0.3) is 11.6 Å². The summed E-state index contributed by atoms with van der Waals surface area (Å²) in [4.78, 5) is 35.6. The minimum atomic E-state index is -0.728. The Balaban J connectivity index is 1.72. The molecule has 0 fully saturated rings. The molecule has 1 N–H and O–H groups in total. The van der Waals surface area contributed by atoms with Gasteiger partial charge in [0.15, 0.2) is 6.10 Å². The Morgan fingerprint density at radius 3 is 2.40 bits per heavy atom. The summed E-state index contributed by atoms with van der Waals surface area (Å²) in [6, 6.07) is 19.4. The molecule has 152 valence electrons. The van der Waals surface area contributed by atoms with Gasteiger partial charge in [-0.05, 0) is 32.0 Å². The van der Waals surface area contributed by atoms with Crippen molar-refractivity contribution in [3.05, 3.63) is 99.6 Å². The van der Waals surface area contributed by atoms with E-state index in [1.54, 1.807) is 49.4 Å². The molecule has 1 unspecified atom stereocenters. The molecule has 1 atom stereocenters. The van der Waals surface area contributed by atoms with Crippen LogP contribution in [0.3, 0.4) is 0 Å². The molecule has 0 aromatic heterocycles. The normalized spacial score (nSPS) is 11.4. The van der Waals surface area contributed by atoms with Gasteiger partial charge in [0, 0.05) is 23.4 Å². The lowest BCUT2D eigenvalue weighted by molar-refractivity contribution is -0.385. The van der Waals surface area contributed by atoms with Gasteiger partial charge in [0.05, 0.1) is 4.92 Å². The fourth-order valence-corrected chi connectivity index (χ4v) is 2.88. The number of ether oxygens (including phenoxy) is 1. The van der Waals surface area contributed by atoms with Crippen LogP contribution in [-0.2, 0) is 0 Å². The monoisotopic (exact) mass is 404 g/mol. The Labute approximate surface area is 173 Å². The van der Waals surface area contributed by atoms with Crippen LogP contribution in [0, 0.1) is 17.0 Å². The van der Waals surface area contributed by atoms with Crippen molar-refractivity contribution in [3.63, 3.8) is 0 Å². The second-order valence-electron chi connectivity index (χ2n) is 6.75. The third kappa shape index (κ3) is 4.88. The molecule has 7 heteroatoms. The number of nitro benzene ring substituents is 1. The van der Waals surface area contributed by atoms with Crippen molar-refractivity contribution in [1.82, 2.24) is 0 Å². The van der Waals surface area contributed by atoms with E-state index in [4.69, 9.17) is 4.74 Å². The van der Waals surface area contributed by atoms with Crippen molar-refractivity contribution in [2.45, 2.75) is 20.0 Å². The van der Waals surface area contributed by atoms with E-state index >= 15 is 0 Å². The number of amides is 1. The highest BCUT2D eigenvalue weighted by molar-refractivity contribution is 6.07. The van der Waals surface area contributed by atoms with Crippen molar-refractivity contribution in [1.29, 1.82) is 0 Å². The first-order valence-electron chi connectivity index (χ1n) is 9.27. The number of ketones is 1. The molecule has 0 heterocycles. The SMILES string of the molecule is Cc1ccc(C(=O)C(C)Oc2cccc(NC(=O)c3ccccc3[N+](=O)[O-])c2)cc1. The van der Waals surface area contributed by atoms with Crippen LogP contribution in [0.2, 0.25) is 0 Å². The van der Waals surface area contributed by atoms with Crippen LogP contribution in [-0.4, -0.2) is 22.7 Å². The number of carbonyl (C=O) groups is 2. The summed E-state index contributed by atoms with van der Waals surface area (Å²) in [6.07, 6.45) is -0.728. The van der Waals surface area contributed by atoms with E-state index in [0.717, 1.165) is 5.56 Å². The van der Waals surface area contributed by atoms with E-state index in [9.17, 15) is 19.7 Å². The van der Waals surface area contributed by atoms with Gasteiger partial charge in [-0.15, -0.1) is 0 Å². The van der Waals surface area contributed by atoms with Crippen LogP contribution in [0.15, 0.2) is 72.8 Å². The second-order valence-corrected chi connectivity index (χ2v) is 6.75. The standard InChI is InChI=1S/C23H20N2O5/c1-15-10-12-17(13-11-15)22(26)16(2)30-19-7-5-6-18(14-19)24-23(27)20-8-3-4-9-21(20)25(28)29/h3-14,16H,1-2H3,(H,24,27). The third-order valence-corrected chi connectivity index (χ3v) is 4.46. The highest BCUT2D eigenvalue weighted by atomic mass is 16.6. The Kier molecular flexibility index (Phi) is 6.22. The molecule has 0 bridgehead atoms. The maximum Gasteiger partial charge on any atom is 0.282 e. The summed E-state index contributed by atoms with van der Waals surface area (Å²) < 4.78 is 5.74. The Morgan fingerprint density at radius 2 is 1.70 bits per heavy atom. The molecule has 0 radical (unpaired) electrons. The van der Waals surface area contributed by atoms with Crippen LogP contribution in [0.1, 0.15) is 33.2 Å². The minimum Gasteiger partial charge on any atom is -0.482 e. The number of hydrogen-bond donors (Lipinski definition) is 1. The molecular weight excluding hydrogens is 384 g/mol. The van der Waals surface area contributed by atoms with Crippen molar-refractivity contribution in [2.75, 3.05) is 5.32 Å². The minimum absolute atomic E-state index is 0.0447.